The number of aromatic nitrogens is 8. The quantitative estimate of drug-likeness (QED) is 0.485. The lowest BCUT2D eigenvalue weighted by atomic mass is 9.96. The highest BCUT2D eigenvalue weighted by molar-refractivity contribution is 5.77. The van der Waals surface area contributed by atoms with Crippen LogP contribution in [0.5, 0.6) is 0 Å². The van der Waals surface area contributed by atoms with E-state index in [0.29, 0.717) is 18.1 Å². The van der Waals surface area contributed by atoms with E-state index in [1.165, 1.54) is 5.56 Å². The van der Waals surface area contributed by atoms with Crippen molar-refractivity contribution in [3.05, 3.63) is 59.8 Å². The zero-order chi connectivity index (χ0) is 21.8. The van der Waals surface area contributed by atoms with E-state index in [9.17, 15) is 0 Å². The molecule has 3 heterocycles. The first-order valence-electron chi connectivity index (χ1n) is 10.7. The third-order valence-electron chi connectivity index (χ3n) is 5.14. The standard InChI is InChI=1S/C23H28N8/c1-5-6-9-19-25-22(23(2,3)4)28-31(19)15-16-10-12-17(13-11-16)18-8-7-14-24-20(18)21-26-29-30-27-21/h7-8,10-14H,5-6,9,15H2,1-4H3,(H,26,27,29,30). The van der Waals surface area contributed by atoms with Gasteiger partial charge in [0.2, 0.25) is 5.82 Å². The molecule has 0 saturated carbocycles. The third-order valence-corrected chi connectivity index (χ3v) is 5.14. The molecule has 0 spiro atoms. The number of hydrogen-bond acceptors (Lipinski definition) is 6. The molecule has 0 aliphatic carbocycles. The average molecular weight is 417 g/mol. The fourth-order valence-electron chi connectivity index (χ4n) is 3.38. The van der Waals surface area contributed by atoms with Crippen molar-refractivity contribution < 1.29 is 0 Å². The van der Waals surface area contributed by atoms with Gasteiger partial charge in [-0.2, -0.15) is 10.3 Å². The van der Waals surface area contributed by atoms with Gasteiger partial charge in [0.05, 0.1) is 6.54 Å². The monoisotopic (exact) mass is 416 g/mol. The highest BCUT2D eigenvalue weighted by atomic mass is 15.5. The van der Waals surface area contributed by atoms with Gasteiger partial charge >= 0.3 is 0 Å². The topological polar surface area (TPSA) is 98.1 Å². The number of H-pyrrole nitrogens is 1. The van der Waals surface area contributed by atoms with Crippen LogP contribution in [-0.4, -0.2) is 40.4 Å². The van der Waals surface area contributed by atoms with Gasteiger partial charge in [0.15, 0.2) is 5.82 Å². The highest BCUT2D eigenvalue weighted by Gasteiger charge is 2.21. The van der Waals surface area contributed by atoms with Gasteiger partial charge in [0.25, 0.3) is 0 Å². The van der Waals surface area contributed by atoms with E-state index in [2.05, 4.69) is 82.3 Å². The van der Waals surface area contributed by atoms with Crippen LogP contribution in [0.4, 0.5) is 0 Å². The van der Waals surface area contributed by atoms with Crippen LogP contribution in [0, 0.1) is 0 Å². The molecule has 0 fully saturated rings. The molecule has 0 unspecified atom stereocenters. The Balaban J connectivity index is 1.60. The molecule has 0 saturated heterocycles. The molecule has 8 heteroatoms. The predicted octanol–water partition coefficient (Wildman–Crippen LogP) is 4.21. The van der Waals surface area contributed by atoms with Crippen molar-refractivity contribution in [3.8, 4) is 22.6 Å². The maximum absolute atomic E-state index is 4.84. The van der Waals surface area contributed by atoms with Crippen molar-refractivity contribution in [1.82, 2.24) is 40.4 Å². The van der Waals surface area contributed by atoms with Crippen LogP contribution in [0.25, 0.3) is 22.6 Å². The summed E-state index contributed by atoms with van der Waals surface area (Å²) < 4.78 is 2.06. The number of nitrogens with one attached hydrogen (secondary N) is 1. The van der Waals surface area contributed by atoms with E-state index in [1.54, 1.807) is 6.20 Å². The van der Waals surface area contributed by atoms with Crippen molar-refractivity contribution in [2.24, 2.45) is 0 Å². The zero-order valence-electron chi connectivity index (χ0n) is 18.5. The fraction of sp³-hybridized carbons (Fsp3) is 0.391. The van der Waals surface area contributed by atoms with Gasteiger partial charge in [-0.25, -0.2) is 9.67 Å². The van der Waals surface area contributed by atoms with Crippen LogP contribution >= 0.6 is 0 Å². The predicted molar refractivity (Wildman–Crippen MR) is 119 cm³/mol. The van der Waals surface area contributed by atoms with Crippen LogP contribution in [0.3, 0.4) is 0 Å². The molecule has 4 rings (SSSR count). The summed E-state index contributed by atoms with van der Waals surface area (Å²) in [6.07, 6.45) is 4.93. The van der Waals surface area contributed by atoms with Gasteiger partial charge in [-0.05, 0) is 28.8 Å². The molecule has 160 valence electrons. The SMILES string of the molecule is CCCCc1nc(C(C)(C)C)nn1Cc1ccc(-c2cccnc2-c2nn[nH]n2)cc1. The smallest absolute Gasteiger partial charge is 0.223 e. The Bertz CT molecular complexity index is 1120. The molecular weight excluding hydrogens is 388 g/mol. The number of hydrogen-bond donors (Lipinski definition) is 1. The molecule has 0 bridgehead atoms. The second kappa shape index (κ2) is 8.75. The lowest BCUT2D eigenvalue weighted by molar-refractivity contribution is 0.532. The summed E-state index contributed by atoms with van der Waals surface area (Å²) in [5.41, 5.74) is 3.84. The number of unbranched alkanes of at least 4 members (excludes halogenated alkanes) is 1. The molecule has 8 nitrogen and oxygen atoms in total. The summed E-state index contributed by atoms with van der Waals surface area (Å²) in [7, 11) is 0. The second-order valence-corrected chi connectivity index (χ2v) is 8.69. The first-order chi connectivity index (χ1) is 15.0. The first-order valence-corrected chi connectivity index (χ1v) is 10.7. The number of benzene rings is 1. The normalized spacial score (nSPS) is 11.7. The van der Waals surface area contributed by atoms with Crippen molar-refractivity contribution >= 4 is 0 Å². The van der Waals surface area contributed by atoms with E-state index < -0.39 is 0 Å². The van der Waals surface area contributed by atoms with E-state index in [-0.39, 0.29) is 5.41 Å². The van der Waals surface area contributed by atoms with E-state index in [1.807, 2.05) is 12.1 Å². The molecule has 0 amide bonds. The van der Waals surface area contributed by atoms with Gasteiger partial charge in [0.1, 0.15) is 11.5 Å². The number of tetrazole rings is 1. The van der Waals surface area contributed by atoms with Crippen LogP contribution in [0.2, 0.25) is 0 Å². The van der Waals surface area contributed by atoms with Crippen LogP contribution in [0.1, 0.15) is 57.7 Å². The third kappa shape index (κ3) is 4.68. The number of nitrogens with zero attached hydrogens (tertiary/aromatic N) is 7. The molecule has 31 heavy (non-hydrogen) atoms. The minimum Gasteiger partial charge on any atom is -0.252 e. The molecule has 0 aliphatic rings. The molecule has 4 aromatic rings. The maximum Gasteiger partial charge on any atom is 0.223 e. The van der Waals surface area contributed by atoms with Crippen LogP contribution in [0.15, 0.2) is 42.6 Å². The van der Waals surface area contributed by atoms with Gasteiger partial charge in [-0.15, -0.1) is 10.2 Å². The Morgan fingerprint density at radius 2 is 1.87 bits per heavy atom. The second-order valence-electron chi connectivity index (χ2n) is 8.69. The summed E-state index contributed by atoms with van der Waals surface area (Å²) in [4.78, 5) is 9.29. The minimum absolute atomic E-state index is 0.0675. The van der Waals surface area contributed by atoms with Crippen LogP contribution in [-0.2, 0) is 18.4 Å². The molecule has 1 N–H and O–H groups in total. The Morgan fingerprint density at radius 3 is 2.55 bits per heavy atom. The van der Waals surface area contributed by atoms with Gasteiger partial charge < -0.3 is 0 Å². The number of aromatic amines is 1. The molecule has 0 atom stereocenters. The molecule has 1 aromatic carbocycles. The van der Waals surface area contributed by atoms with Crippen molar-refractivity contribution in [2.75, 3.05) is 0 Å². The van der Waals surface area contributed by atoms with Gasteiger partial charge in [0, 0.05) is 23.6 Å². The largest absolute Gasteiger partial charge is 0.252 e. The zero-order valence-corrected chi connectivity index (χ0v) is 18.5. The fourth-order valence-corrected chi connectivity index (χ4v) is 3.38. The Morgan fingerprint density at radius 1 is 1.06 bits per heavy atom. The Labute approximate surface area is 182 Å². The van der Waals surface area contributed by atoms with Gasteiger partial charge in [-0.3, -0.25) is 4.98 Å². The summed E-state index contributed by atoms with van der Waals surface area (Å²) >= 11 is 0. The molecular formula is C23H28N8. The molecule has 0 aliphatic heterocycles. The highest BCUT2D eigenvalue weighted by Crippen LogP contribution is 2.28. The van der Waals surface area contributed by atoms with E-state index in [0.717, 1.165) is 42.0 Å². The number of aryl methyl sites for hydroxylation is 1. The van der Waals surface area contributed by atoms with Crippen molar-refractivity contribution in [1.29, 1.82) is 0 Å². The molecule has 0 radical (unpaired) electrons. The van der Waals surface area contributed by atoms with Crippen LogP contribution < -0.4 is 0 Å². The first kappa shape index (κ1) is 20.8. The van der Waals surface area contributed by atoms with Gasteiger partial charge in [-0.1, -0.05) is 64.4 Å². The lowest BCUT2D eigenvalue weighted by Gasteiger charge is -2.12. The Hall–Kier alpha value is -3.42. The average Bonchev–Trinajstić information content (AvgIpc) is 3.43. The summed E-state index contributed by atoms with van der Waals surface area (Å²) in [6.45, 7) is 9.36. The summed E-state index contributed by atoms with van der Waals surface area (Å²) in [6, 6.07) is 12.4. The minimum atomic E-state index is -0.0675. The van der Waals surface area contributed by atoms with Crippen molar-refractivity contribution in [2.45, 2.75) is 58.9 Å². The Kier molecular flexibility index (Phi) is 5.88. The van der Waals surface area contributed by atoms with E-state index >= 15 is 0 Å². The summed E-state index contributed by atoms with van der Waals surface area (Å²) in [5.74, 6) is 2.44. The lowest BCUT2D eigenvalue weighted by Crippen LogP contribution is -2.14. The van der Waals surface area contributed by atoms with Crippen molar-refractivity contribution in [3.63, 3.8) is 0 Å². The molecule has 3 aromatic heterocycles. The maximum atomic E-state index is 4.84. The van der Waals surface area contributed by atoms with E-state index in [4.69, 9.17) is 10.1 Å². The summed E-state index contributed by atoms with van der Waals surface area (Å²) in [5, 5.41) is 19.1. The number of pyridine rings is 1. The number of rotatable bonds is 7.